The molecule has 0 fully saturated rings. The molecule has 0 saturated carbocycles. The van der Waals surface area contributed by atoms with Crippen LogP contribution in [0.1, 0.15) is 19.4 Å². The Morgan fingerprint density at radius 3 is 2.50 bits per heavy atom. The second-order valence-corrected chi connectivity index (χ2v) is 7.38. The zero-order chi connectivity index (χ0) is 19.9. The quantitative estimate of drug-likeness (QED) is 0.602. The van der Waals surface area contributed by atoms with Crippen molar-refractivity contribution in [2.24, 2.45) is 5.41 Å². The van der Waals surface area contributed by atoms with Gasteiger partial charge in [0.1, 0.15) is 5.41 Å². The molecule has 2 aliphatic rings. The van der Waals surface area contributed by atoms with E-state index in [4.69, 9.17) is 6.57 Å². The lowest BCUT2D eigenvalue weighted by Gasteiger charge is -2.48. The van der Waals surface area contributed by atoms with Crippen molar-refractivity contribution in [1.29, 1.82) is 0 Å². The predicted octanol–water partition coefficient (Wildman–Crippen LogP) is 3.10. The molecule has 1 amide bonds. The lowest BCUT2D eigenvalue weighted by atomic mass is 9.57. The number of benzene rings is 1. The molecule has 0 N–H and O–H groups in total. The number of carbonyl (C=O) groups is 2. The molecule has 2 aromatic rings. The molecule has 0 radical (unpaired) electrons. The molecule has 6 heteroatoms. The molecular weight excluding hydrogens is 352 g/mol. The molecular formula is C22H18N4O2. The van der Waals surface area contributed by atoms with E-state index >= 15 is 0 Å². The molecule has 28 heavy (non-hydrogen) atoms. The van der Waals surface area contributed by atoms with Crippen LogP contribution in [0.4, 0.5) is 5.82 Å². The summed E-state index contributed by atoms with van der Waals surface area (Å²) >= 11 is 0. The van der Waals surface area contributed by atoms with Crippen molar-refractivity contribution in [2.75, 3.05) is 11.4 Å². The number of aromatic nitrogens is 2. The second-order valence-electron chi connectivity index (χ2n) is 7.38. The minimum absolute atomic E-state index is 0.0136. The molecule has 0 unspecified atom stereocenters. The van der Waals surface area contributed by atoms with Gasteiger partial charge in [-0.05, 0) is 23.3 Å². The molecule has 0 saturated heterocycles. The highest BCUT2D eigenvalue weighted by molar-refractivity contribution is 6.14. The van der Waals surface area contributed by atoms with Gasteiger partial charge in [0.05, 0.1) is 6.57 Å². The first-order chi connectivity index (χ1) is 13.4. The molecule has 1 aromatic carbocycles. The van der Waals surface area contributed by atoms with Crippen LogP contribution >= 0.6 is 0 Å². The molecule has 0 bridgehead atoms. The number of Topliss-reactive ketones (excluding diaryl/α,β-unsaturated/α-hetero) is 1. The highest BCUT2D eigenvalue weighted by atomic mass is 16.2. The molecule has 1 aliphatic carbocycles. The number of amides is 1. The first kappa shape index (κ1) is 17.8. The van der Waals surface area contributed by atoms with Crippen LogP contribution in [0, 0.1) is 12.0 Å². The third kappa shape index (κ3) is 2.33. The summed E-state index contributed by atoms with van der Waals surface area (Å²) in [6.45, 7) is 11.4. The number of anilines is 1. The molecule has 2 heterocycles. The van der Waals surface area contributed by atoms with Crippen LogP contribution in [0.5, 0.6) is 0 Å². The number of ketones is 1. The molecule has 4 rings (SSSR count). The number of allylic oxidation sites excluding steroid dienone is 1. The number of rotatable bonds is 2. The van der Waals surface area contributed by atoms with Gasteiger partial charge in [-0.3, -0.25) is 9.69 Å². The maximum Gasteiger partial charge on any atom is 0.245 e. The van der Waals surface area contributed by atoms with Gasteiger partial charge in [0.15, 0.2) is 11.6 Å². The largest absolute Gasteiger partial charge is 0.307 e. The lowest BCUT2D eigenvalue weighted by Crippen LogP contribution is -2.57. The summed E-state index contributed by atoms with van der Waals surface area (Å²) in [6.07, 6.45) is 4.99. The van der Waals surface area contributed by atoms with Crippen molar-refractivity contribution in [1.82, 2.24) is 10.2 Å². The average Bonchev–Trinajstić information content (AvgIpc) is 2.73. The summed E-state index contributed by atoms with van der Waals surface area (Å²) in [5, 5.41) is 7.97. The van der Waals surface area contributed by atoms with E-state index < -0.39 is 10.8 Å². The number of carbonyl (C=O) groups excluding carboxylic acids is 2. The average molecular weight is 370 g/mol. The zero-order valence-electron chi connectivity index (χ0n) is 15.6. The summed E-state index contributed by atoms with van der Waals surface area (Å²) in [5.74, 6) is -0.0648. The highest BCUT2D eigenvalue weighted by Gasteiger charge is 2.57. The summed E-state index contributed by atoms with van der Waals surface area (Å²) < 4.78 is 0. The van der Waals surface area contributed by atoms with Crippen molar-refractivity contribution in [3.05, 3.63) is 89.1 Å². The van der Waals surface area contributed by atoms with Gasteiger partial charge in [0.25, 0.3) is 0 Å². The van der Waals surface area contributed by atoms with E-state index in [0.29, 0.717) is 17.9 Å². The molecule has 1 atom stereocenters. The van der Waals surface area contributed by atoms with Gasteiger partial charge in [-0.15, -0.1) is 5.10 Å². The summed E-state index contributed by atoms with van der Waals surface area (Å²) in [4.78, 5) is 31.8. The van der Waals surface area contributed by atoms with Crippen LogP contribution in [-0.2, 0) is 15.0 Å². The highest BCUT2D eigenvalue weighted by Crippen LogP contribution is 2.52. The monoisotopic (exact) mass is 370 g/mol. The molecule has 1 aliphatic heterocycles. The Morgan fingerprint density at radius 2 is 1.86 bits per heavy atom. The SMILES string of the molecule is [C-]#[N+]C1=C[C@@]2(c3ccccc3)C(=O)N(c3cccnn3)CC=C2C(C)(C)C1=O. The van der Waals surface area contributed by atoms with Crippen LogP contribution in [0.25, 0.3) is 4.85 Å². The van der Waals surface area contributed by atoms with Gasteiger partial charge in [-0.1, -0.05) is 56.3 Å². The maximum absolute atomic E-state index is 13.9. The lowest BCUT2D eigenvalue weighted by molar-refractivity contribution is -0.125. The topological polar surface area (TPSA) is 67.5 Å². The van der Waals surface area contributed by atoms with E-state index in [9.17, 15) is 9.59 Å². The first-order valence-electron chi connectivity index (χ1n) is 8.94. The normalized spacial score (nSPS) is 23.4. The number of fused-ring (bicyclic) bond motifs is 1. The fourth-order valence-electron chi connectivity index (χ4n) is 4.14. The van der Waals surface area contributed by atoms with Gasteiger partial charge in [-0.2, -0.15) is 5.10 Å². The number of nitrogens with zero attached hydrogens (tertiary/aromatic N) is 4. The van der Waals surface area contributed by atoms with Crippen LogP contribution < -0.4 is 4.90 Å². The number of hydrogen-bond acceptors (Lipinski definition) is 4. The predicted molar refractivity (Wildman–Crippen MR) is 104 cm³/mol. The Bertz CT molecular complexity index is 1060. The summed E-state index contributed by atoms with van der Waals surface area (Å²) in [7, 11) is 0. The van der Waals surface area contributed by atoms with Crippen LogP contribution in [0.2, 0.25) is 0 Å². The Labute approximate surface area is 163 Å². The van der Waals surface area contributed by atoms with E-state index in [1.165, 1.54) is 6.08 Å². The first-order valence-corrected chi connectivity index (χ1v) is 8.94. The molecule has 1 aromatic heterocycles. The summed E-state index contributed by atoms with van der Waals surface area (Å²) in [5.41, 5.74) is -0.779. The van der Waals surface area contributed by atoms with Crippen LogP contribution in [0.3, 0.4) is 0 Å². The van der Waals surface area contributed by atoms with Gasteiger partial charge >= 0.3 is 0 Å². The Kier molecular flexibility index (Phi) is 3.97. The van der Waals surface area contributed by atoms with E-state index in [2.05, 4.69) is 15.0 Å². The third-order valence-electron chi connectivity index (χ3n) is 5.50. The van der Waals surface area contributed by atoms with E-state index in [0.717, 1.165) is 5.56 Å². The fourth-order valence-corrected chi connectivity index (χ4v) is 4.14. The smallest absolute Gasteiger partial charge is 0.245 e. The Morgan fingerprint density at radius 1 is 1.11 bits per heavy atom. The van der Waals surface area contributed by atoms with Gasteiger partial charge in [0, 0.05) is 18.2 Å². The van der Waals surface area contributed by atoms with Crippen LogP contribution in [-0.4, -0.2) is 28.4 Å². The zero-order valence-corrected chi connectivity index (χ0v) is 15.6. The van der Waals surface area contributed by atoms with Crippen molar-refractivity contribution in [3.63, 3.8) is 0 Å². The fraction of sp³-hybridized carbons (Fsp3) is 0.227. The minimum atomic E-state index is -1.23. The van der Waals surface area contributed by atoms with Gasteiger partial charge in [0.2, 0.25) is 11.6 Å². The molecule has 6 nitrogen and oxygen atoms in total. The third-order valence-corrected chi connectivity index (χ3v) is 5.50. The van der Waals surface area contributed by atoms with Crippen molar-refractivity contribution < 1.29 is 9.59 Å². The Hall–Kier alpha value is -3.59. The number of hydrogen-bond donors (Lipinski definition) is 0. The van der Waals surface area contributed by atoms with E-state index in [1.54, 1.807) is 37.1 Å². The van der Waals surface area contributed by atoms with Crippen LogP contribution in [0.15, 0.2) is 72.1 Å². The standard InChI is InChI=1S/C22H18N4O2/c1-21(2)17-11-13-26(18-10-7-12-24-25-18)20(28)22(17,14-16(23-3)19(21)27)15-8-5-4-6-9-15/h4-12,14H,13H2,1-2H3/t22-/m0/s1. The molecule has 138 valence electrons. The van der Waals surface area contributed by atoms with Gasteiger partial charge in [-0.25, -0.2) is 4.85 Å². The Balaban J connectivity index is 2.03. The second kappa shape index (κ2) is 6.24. The maximum atomic E-state index is 13.9. The van der Waals surface area contributed by atoms with Crippen molar-refractivity contribution >= 4 is 17.5 Å². The van der Waals surface area contributed by atoms with E-state index in [-0.39, 0.29) is 17.4 Å². The van der Waals surface area contributed by atoms with Crippen molar-refractivity contribution in [2.45, 2.75) is 19.3 Å². The van der Waals surface area contributed by atoms with E-state index in [1.807, 2.05) is 36.4 Å². The van der Waals surface area contributed by atoms with Gasteiger partial charge < -0.3 is 4.79 Å². The molecule has 0 spiro atoms. The van der Waals surface area contributed by atoms with Crippen molar-refractivity contribution in [3.8, 4) is 0 Å². The minimum Gasteiger partial charge on any atom is -0.307 e. The summed E-state index contributed by atoms with van der Waals surface area (Å²) in [6, 6.07) is 12.7.